The van der Waals surface area contributed by atoms with Gasteiger partial charge in [0.15, 0.2) is 0 Å². The van der Waals surface area contributed by atoms with Crippen molar-refractivity contribution in [1.29, 1.82) is 0 Å². The van der Waals surface area contributed by atoms with Crippen molar-refractivity contribution in [2.24, 2.45) is 0 Å². The Bertz CT molecular complexity index is 348. The van der Waals surface area contributed by atoms with Gasteiger partial charge >= 0.3 is 6.16 Å². The van der Waals surface area contributed by atoms with Gasteiger partial charge in [-0.3, -0.25) is 0 Å². The number of hydrogen-bond acceptors (Lipinski definition) is 2. The monoisotopic (exact) mass is 264 g/mol. The minimum atomic E-state index is -1.17. The van der Waals surface area contributed by atoms with Gasteiger partial charge < -0.3 is 9.84 Å². The van der Waals surface area contributed by atoms with Gasteiger partial charge in [0.05, 0.1) is 6.61 Å². The summed E-state index contributed by atoms with van der Waals surface area (Å²) in [6.07, 6.45) is 5.42. The Labute approximate surface area is 115 Å². The van der Waals surface area contributed by atoms with Crippen LogP contribution in [0.15, 0.2) is 30.3 Å². The van der Waals surface area contributed by atoms with Crippen molar-refractivity contribution in [3.8, 4) is 0 Å². The number of carboxylic acid groups (broad SMARTS) is 1. The summed E-state index contributed by atoms with van der Waals surface area (Å²) in [5.41, 5.74) is 1.43. The normalized spacial score (nSPS) is 12.1. The molecule has 19 heavy (non-hydrogen) atoms. The highest BCUT2D eigenvalue weighted by atomic mass is 16.7. The molecule has 0 saturated carbocycles. The number of unbranched alkanes of at least 4 members (excludes halogenated alkanes) is 3. The van der Waals surface area contributed by atoms with Crippen LogP contribution in [-0.2, 0) is 4.74 Å². The standard InChI is InChI=1S/C16H24O3/c1-2-14(15-11-7-5-8-12-15)10-6-3-4-9-13-19-16(17)18/h5,7-8,11-12,14H,2-4,6,9-10,13H2,1H3,(H,17,18). The molecule has 0 bridgehead atoms. The van der Waals surface area contributed by atoms with Crippen LogP contribution in [0.2, 0.25) is 0 Å². The van der Waals surface area contributed by atoms with E-state index in [1.54, 1.807) is 0 Å². The average molecular weight is 264 g/mol. The molecule has 1 aromatic carbocycles. The smallest absolute Gasteiger partial charge is 0.450 e. The molecule has 0 aliphatic heterocycles. The third kappa shape index (κ3) is 6.85. The van der Waals surface area contributed by atoms with Gasteiger partial charge in [-0.1, -0.05) is 56.5 Å². The van der Waals surface area contributed by atoms with E-state index in [1.807, 2.05) is 0 Å². The van der Waals surface area contributed by atoms with E-state index in [2.05, 4.69) is 42.0 Å². The molecular weight excluding hydrogens is 240 g/mol. The molecule has 0 heterocycles. The molecule has 1 unspecified atom stereocenters. The number of rotatable bonds is 9. The molecule has 0 aliphatic rings. The number of carbonyl (C=O) groups is 1. The molecule has 0 spiro atoms. The third-order valence-corrected chi connectivity index (χ3v) is 3.44. The number of benzene rings is 1. The van der Waals surface area contributed by atoms with Crippen LogP contribution in [0.5, 0.6) is 0 Å². The zero-order chi connectivity index (χ0) is 13.9. The molecular formula is C16H24O3. The number of hydrogen-bond donors (Lipinski definition) is 1. The molecule has 3 nitrogen and oxygen atoms in total. The highest BCUT2D eigenvalue weighted by Crippen LogP contribution is 2.25. The van der Waals surface area contributed by atoms with Crippen LogP contribution in [-0.4, -0.2) is 17.9 Å². The fraction of sp³-hybridized carbons (Fsp3) is 0.562. The Morgan fingerprint density at radius 1 is 1.16 bits per heavy atom. The summed E-state index contributed by atoms with van der Waals surface area (Å²) in [5.74, 6) is 0.650. The van der Waals surface area contributed by atoms with Gasteiger partial charge in [-0.2, -0.15) is 0 Å². The summed E-state index contributed by atoms with van der Waals surface area (Å²) in [6, 6.07) is 10.7. The van der Waals surface area contributed by atoms with E-state index in [0.717, 1.165) is 19.3 Å². The molecule has 1 atom stereocenters. The molecule has 0 fully saturated rings. The molecule has 1 aromatic rings. The van der Waals surface area contributed by atoms with Crippen LogP contribution in [0.4, 0.5) is 4.79 Å². The van der Waals surface area contributed by atoms with Crippen molar-refractivity contribution in [2.75, 3.05) is 6.61 Å². The lowest BCUT2D eigenvalue weighted by atomic mass is 9.91. The van der Waals surface area contributed by atoms with Gasteiger partial charge in [0.2, 0.25) is 0 Å². The number of ether oxygens (including phenoxy) is 1. The molecule has 0 aromatic heterocycles. The summed E-state index contributed by atoms with van der Waals surface area (Å²) in [5, 5.41) is 8.32. The van der Waals surface area contributed by atoms with Crippen LogP contribution in [0.25, 0.3) is 0 Å². The Morgan fingerprint density at radius 3 is 2.47 bits per heavy atom. The van der Waals surface area contributed by atoms with Crippen molar-refractivity contribution < 1.29 is 14.6 Å². The minimum absolute atomic E-state index is 0.325. The maximum atomic E-state index is 10.2. The van der Waals surface area contributed by atoms with E-state index in [4.69, 9.17) is 5.11 Å². The first-order valence-electron chi connectivity index (χ1n) is 7.14. The second-order valence-electron chi connectivity index (χ2n) is 4.83. The molecule has 3 heteroatoms. The molecule has 0 radical (unpaired) electrons. The van der Waals surface area contributed by atoms with Gasteiger partial charge in [0.25, 0.3) is 0 Å². The first-order valence-corrected chi connectivity index (χ1v) is 7.14. The Morgan fingerprint density at radius 2 is 1.84 bits per heavy atom. The largest absolute Gasteiger partial charge is 0.505 e. The lowest BCUT2D eigenvalue weighted by molar-refractivity contribution is 0.0899. The van der Waals surface area contributed by atoms with Crippen molar-refractivity contribution in [3.05, 3.63) is 35.9 Å². The predicted octanol–water partition coefficient (Wildman–Crippen LogP) is 4.83. The maximum absolute atomic E-state index is 10.2. The first-order chi connectivity index (χ1) is 9.24. The molecule has 106 valence electrons. The van der Waals surface area contributed by atoms with Gasteiger partial charge in [-0.25, -0.2) is 4.79 Å². The summed E-state index contributed by atoms with van der Waals surface area (Å²) in [7, 11) is 0. The topological polar surface area (TPSA) is 46.5 Å². The molecule has 0 amide bonds. The van der Waals surface area contributed by atoms with Crippen molar-refractivity contribution >= 4 is 6.16 Å². The van der Waals surface area contributed by atoms with E-state index in [1.165, 1.54) is 24.8 Å². The van der Waals surface area contributed by atoms with Gasteiger partial charge in [0.1, 0.15) is 0 Å². The molecule has 1 rings (SSSR count). The highest BCUT2D eigenvalue weighted by molar-refractivity contribution is 5.56. The van der Waals surface area contributed by atoms with E-state index in [9.17, 15) is 4.79 Å². The van der Waals surface area contributed by atoms with Gasteiger partial charge in [0, 0.05) is 0 Å². The quantitative estimate of drug-likeness (QED) is 0.513. The summed E-state index contributed by atoms with van der Waals surface area (Å²) >= 11 is 0. The lowest BCUT2D eigenvalue weighted by Crippen LogP contribution is -2.01. The minimum Gasteiger partial charge on any atom is -0.450 e. The zero-order valence-corrected chi connectivity index (χ0v) is 11.7. The highest BCUT2D eigenvalue weighted by Gasteiger charge is 2.08. The van der Waals surface area contributed by atoms with Crippen molar-refractivity contribution in [1.82, 2.24) is 0 Å². The summed E-state index contributed by atoms with van der Waals surface area (Å²) in [4.78, 5) is 10.2. The van der Waals surface area contributed by atoms with E-state index in [0.29, 0.717) is 12.5 Å². The second-order valence-corrected chi connectivity index (χ2v) is 4.83. The first kappa shape index (κ1) is 15.5. The van der Waals surface area contributed by atoms with Crippen LogP contribution >= 0.6 is 0 Å². The molecule has 0 saturated heterocycles. The Kier molecular flexibility index (Phi) is 7.71. The lowest BCUT2D eigenvalue weighted by Gasteiger charge is -2.15. The Hall–Kier alpha value is -1.51. The van der Waals surface area contributed by atoms with Gasteiger partial charge in [-0.05, 0) is 30.7 Å². The van der Waals surface area contributed by atoms with E-state index >= 15 is 0 Å². The fourth-order valence-electron chi connectivity index (χ4n) is 2.34. The van der Waals surface area contributed by atoms with E-state index < -0.39 is 6.16 Å². The SMILES string of the molecule is CCC(CCCCCCOC(=O)O)c1ccccc1. The zero-order valence-electron chi connectivity index (χ0n) is 11.7. The van der Waals surface area contributed by atoms with E-state index in [-0.39, 0.29) is 0 Å². The summed E-state index contributed by atoms with van der Waals surface area (Å²) in [6.45, 7) is 2.56. The van der Waals surface area contributed by atoms with Gasteiger partial charge in [-0.15, -0.1) is 0 Å². The second kappa shape index (κ2) is 9.42. The van der Waals surface area contributed by atoms with Crippen LogP contribution in [0.1, 0.15) is 56.9 Å². The molecule has 0 aliphatic carbocycles. The average Bonchev–Trinajstić information content (AvgIpc) is 2.42. The van der Waals surface area contributed by atoms with Crippen molar-refractivity contribution in [2.45, 2.75) is 51.4 Å². The maximum Gasteiger partial charge on any atom is 0.505 e. The van der Waals surface area contributed by atoms with Crippen LogP contribution < -0.4 is 0 Å². The summed E-state index contributed by atoms with van der Waals surface area (Å²) < 4.78 is 4.48. The van der Waals surface area contributed by atoms with Crippen LogP contribution in [0.3, 0.4) is 0 Å². The predicted molar refractivity (Wildman–Crippen MR) is 76.5 cm³/mol. The van der Waals surface area contributed by atoms with Crippen LogP contribution in [0, 0.1) is 0 Å². The fourth-order valence-corrected chi connectivity index (χ4v) is 2.34. The molecule has 1 N–H and O–H groups in total. The Balaban J connectivity index is 2.12. The van der Waals surface area contributed by atoms with Crippen molar-refractivity contribution in [3.63, 3.8) is 0 Å². The third-order valence-electron chi connectivity index (χ3n) is 3.44.